The van der Waals surface area contributed by atoms with E-state index < -0.39 is 6.10 Å². The Morgan fingerprint density at radius 3 is 3.00 bits per heavy atom. The molecule has 0 radical (unpaired) electrons. The predicted molar refractivity (Wildman–Crippen MR) is 88.5 cm³/mol. The van der Waals surface area contributed by atoms with E-state index in [4.69, 9.17) is 5.73 Å². The van der Waals surface area contributed by atoms with Crippen molar-refractivity contribution in [1.29, 1.82) is 0 Å². The fraction of sp³-hybridized carbons (Fsp3) is 0.333. The Morgan fingerprint density at radius 1 is 1.45 bits per heavy atom. The number of hydrogen-bond acceptors (Lipinski definition) is 5. The van der Waals surface area contributed by atoms with E-state index in [0.29, 0.717) is 25.1 Å². The largest absolute Gasteiger partial charge is 0.390 e. The number of carbonyl (C=O) groups is 1. The molecule has 0 bridgehead atoms. The average Bonchev–Trinajstić information content (AvgIpc) is 3.05. The summed E-state index contributed by atoms with van der Waals surface area (Å²) in [5.74, 6) is -0.254. The average molecular weight is 340 g/mol. The Kier molecular flexibility index (Phi) is 5.52. The highest BCUT2D eigenvalue weighted by atomic mass is 35.5. The second-order valence-corrected chi connectivity index (χ2v) is 6.03. The number of carbonyl (C=O) groups excluding carboxylic acids is 1. The van der Waals surface area contributed by atoms with Gasteiger partial charge in [0.2, 0.25) is 0 Å². The van der Waals surface area contributed by atoms with Gasteiger partial charge in [0.15, 0.2) is 0 Å². The third-order valence-electron chi connectivity index (χ3n) is 3.63. The van der Waals surface area contributed by atoms with Crippen molar-refractivity contribution in [1.82, 2.24) is 10.3 Å². The van der Waals surface area contributed by atoms with Crippen molar-refractivity contribution in [2.45, 2.75) is 25.0 Å². The minimum atomic E-state index is -0.589. The molecule has 0 aliphatic heterocycles. The topological polar surface area (TPSA) is 88.2 Å². The summed E-state index contributed by atoms with van der Waals surface area (Å²) >= 11 is 1.43. The smallest absolute Gasteiger partial charge is 0.271 e. The number of hydrogen-bond donors (Lipinski definition) is 3. The quantitative estimate of drug-likeness (QED) is 0.786. The number of fused-ring (bicyclic) bond motifs is 1. The third-order valence-corrected chi connectivity index (χ3v) is 4.54. The highest BCUT2D eigenvalue weighted by molar-refractivity contribution is 7.09. The number of aromatic nitrogens is 1. The molecule has 1 aliphatic rings. The molecule has 118 valence electrons. The zero-order valence-electron chi connectivity index (χ0n) is 11.9. The van der Waals surface area contributed by atoms with Crippen molar-refractivity contribution < 1.29 is 9.90 Å². The molecule has 1 amide bonds. The van der Waals surface area contributed by atoms with E-state index in [1.807, 2.05) is 24.3 Å². The van der Waals surface area contributed by atoms with Gasteiger partial charge in [-0.15, -0.1) is 23.7 Å². The maximum Gasteiger partial charge on any atom is 0.271 e. The molecule has 3 rings (SSSR count). The second-order valence-electron chi connectivity index (χ2n) is 5.09. The summed E-state index contributed by atoms with van der Waals surface area (Å²) in [5.41, 5.74) is 7.93. The van der Waals surface area contributed by atoms with Crippen LogP contribution in [0.4, 0.5) is 0 Å². The van der Waals surface area contributed by atoms with Gasteiger partial charge in [0.05, 0.1) is 17.2 Å². The predicted octanol–water partition coefficient (Wildman–Crippen LogP) is 1.45. The van der Waals surface area contributed by atoms with E-state index in [0.717, 1.165) is 16.1 Å². The first-order valence-corrected chi connectivity index (χ1v) is 7.78. The number of rotatable bonds is 4. The van der Waals surface area contributed by atoms with Crippen LogP contribution in [-0.2, 0) is 12.8 Å². The van der Waals surface area contributed by atoms with Gasteiger partial charge >= 0.3 is 0 Å². The molecule has 1 aliphatic carbocycles. The maximum absolute atomic E-state index is 12.3. The molecule has 1 aromatic heterocycles. The lowest BCUT2D eigenvalue weighted by Gasteiger charge is -2.17. The first kappa shape index (κ1) is 16.9. The Labute approximate surface area is 139 Å². The molecule has 5 nitrogen and oxygen atoms in total. The zero-order chi connectivity index (χ0) is 14.8. The molecule has 22 heavy (non-hydrogen) atoms. The van der Waals surface area contributed by atoms with Crippen LogP contribution >= 0.6 is 23.7 Å². The number of amides is 1. The molecular formula is C15H18ClN3O2S. The fourth-order valence-corrected chi connectivity index (χ4v) is 3.41. The second kappa shape index (κ2) is 7.19. The van der Waals surface area contributed by atoms with Gasteiger partial charge in [-0.3, -0.25) is 4.79 Å². The van der Waals surface area contributed by atoms with Crippen LogP contribution in [0.2, 0.25) is 0 Å². The summed E-state index contributed by atoms with van der Waals surface area (Å²) in [6, 6.07) is 7.41. The molecule has 1 aromatic carbocycles. The zero-order valence-corrected chi connectivity index (χ0v) is 13.5. The van der Waals surface area contributed by atoms with Crippen molar-refractivity contribution in [2.24, 2.45) is 5.73 Å². The van der Waals surface area contributed by atoms with Gasteiger partial charge in [-0.25, -0.2) is 4.98 Å². The fourth-order valence-electron chi connectivity index (χ4n) is 2.62. The van der Waals surface area contributed by atoms with Crippen molar-refractivity contribution in [3.8, 4) is 0 Å². The van der Waals surface area contributed by atoms with E-state index in [1.165, 1.54) is 11.3 Å². The van der Waals surface area contributed by atoms with Crippen molar-refractivity contribution in [3.63, 3.8) is 0 Å². The standard InChI is InChI=1S/C15H17N3O2S.ClH/c16-6-5-13-17-11(8-21-13)15(20)18-14-10-4-2-1-3-9(10)7-12(14)19;/h1-4,8,12,14,19H,5-7,16H2,(H,18,20);1H/t12-,14+;/m0./s1. The van der Waals surface area contributed by atoms with Crippen LogP contribution in [0.25, 0.3) is 0 Å². The number of aliphatic hydroxyl groups excluding tert-OH is 1. The van der Waals surface area contributed by atoms with Crippen LogP contribution < -0.4 is 11.1 Å². The summed E-state index contributed by atoms with van der Waals surface area (Å²) < 4.78 is 0. The lowest BCUT2D eigenvalue weighted by atomic mass is 10.1. The molecule has 7 heteroatoms. The van der Waals surface area contributed by atoms with Crippen LogP contribution in [0.3, 0.4) is 0 Å². The van der Waals surface area contributed by atoms with Crippen LogP contribution in [0, 0.1) is 0 Å². The molecule has 0 fully saturated rings. The molecule has 4 N–H and O–H groups in total. The summed E-state index contributed by atoms with van der Waals surface area (Å²) in [5, 5.41) is 15.6. The van der Waals surface area contributed by atoms with Crippen LogP contribution in [0.1, 0.15) is 32.7 Å². The minimum Gasteiger partial charge on any atom is -0.390 e. The van der Waals surface area contributed by atoms with Crippen molar-refractivity contribution in [2.75, 3.05) is 6.54 Å². The summed E-state index contributed by atoms with van der Waals surface area (Å²) in [4.78, 5) is 16.5. The van der Waals surface area contributed by atoms with E-state index in [1.54, 1.807) is 5.38 Å². The number of halogens is 1. The lowest BCUT2D eigenvalue weighted by Crippen LogP contribution is -2.34. The van der Waals surface area contributed by atoms with Crippen molar-refractivity contribution in [3.05, 3.63) is 51.5 Å². The summed E-state index contributed by atoms with van der Waals surface area (Å²) in [6.45, 7) is 0.517. The highest BCUT2D eigenvalue weighted by Crippen LogP contribution is 2.31. The molecule has 0 unspecified atom stereocenters. The number of aliphatic hydroxyl groups is 1. The number of nitrogens with two attached hydrogens (primary N) is 1. The van der Waals surface area contributed by atoms with Gasteiger partial charge in [0.25, 0.3) is 5.91 Å². The van der Waals surface area contributed by atoms with Crippen LogP contribution in [0.15, 0.2) is 29.6 Å². The molecule has 1 heterocycles. The molecule has 0 spiro atoms. The van der Waals surface area contributed by atoms with Gasteiger partial charge in [0.1, 0.15) is 5.69 Å². The van der Waals surface area contributed by atoms with Crippen molar-refractivity contribution >= 4 is 29.7 Å². The Hall–Kier alpha value is -1.47. The number of thiazole rings is 1. The monoisotopic (exact) mass is 339 g/mol. The molecule has 0 saturated heterocycles. The van der Waals surface area contributed by atoms with Gasteiger partial charge in [0, 0.05) is 18.2 Å². The third kappa shape index (κ3) is 3.30. The van der Waals surface area contributed by atoms with E-state index in [2.05, 4.69) is 10.3 Å². The SMILES string of the molecule is Cl.NCCc1nc(C(=O)N[C@@H]2c3ccccc3C[C@@H]2O)cs1. The Bertz CT molecular complexity index is 662. The number of benzene rings is 1. The molecular weight excluding hydrogens is 322 g/mol. The van der Waals surface area contributed by atoms with E-state index in [-0.39, 0.29) is 24.4 Å². The van der Waals surface area contributed by atoms with Crippen LogP contribution in [0.5, 0.6) is 0 Å². The first-order chi connectivity index (χ1) is 10.2. The Morgan fingerprint density at radius 2 is 2.23 bits per heavy atom. The number of nitrogens with zero attached hydrogens (tertiary/aromatic N) is 1. The van der Waals surface area contributed by atoms with Crippen LogP contribution in [-0.4, -0.2) is 28.6 Å². The minimum absolute atomic E-state index is 0. The highest BCUT2D eigenvalue weighted by Gasteiger charge is 2.32. The summed E-state index contributed by atoms with van der Waals surface area (Å²) in [7, 11) is 0. The lowest BCUT2D eigenvalue weighted by molar-refractivity contribution is 0.0854. The van der Waals surface area contributed by atoms with Gasteiger partial charge in [-0.1, -0.05) is 24.3 Å². The normalized spacial score (nSPS) is 19.4. The van der Waals surface area contributed by atoms with Gasteiger partial charge in [-0.2, -0.15) is 0 Å². The Balaban J connectivity index is 0.00000176. The summed E-state index contributed by atoms with van der Waals surface area (Å²) in [6.07, 6.45) is 0.650. The molecule has 2 aromatic rings. The molecule has 0 saturated carbocycles. The number of nitrogens with one attached hydrogen (secondary N) is 1. The first-order valence-electron chi connectivity index (χ1n) is 6.90. The van der Waals surface area contributed by atoms with Gasteiger partial charge in [-0.05, 0) is 17.7 Å². The maximum atomic E-state index is 12.3. The van der Waals surface area contributed by atoms with E-state index >= 15 is 0 Å². The van der Waals surface area contributed by atoms with Gasteiger partial charge < -0.3 is 16.2 Å². The molecule has 2 atom stereocenters. The van der Waals surface area contributed by atoms with E-state index in [9.17, 15) is 9.90 Å².